The van der Waals surface area contributed by atoms with Gasteiger partial charge in [-0.3, -0.25) is 0 Å². The molecule has 106 valence electrons. The van der Waals surface area contributed by atoms with Gasteiger partial charge in [-0.15, -0.1) is 0 Å². The fourth-order valence-electron chi connectivity index (χ4n) is 2.01. The number of halogens is 4. The molecule has 2 heterocycles. The number of nitrogens with one attached hydrogen (secondary N) is 1. The fourth-order valence-corrected chi connectivity index (χ4v) is 2.34. The van der Waals surface area contributed by atoms with E-state index in [1.54, 1.807) is 0 Å². The molecule has 0 aromatic carbocycles. The van der Waals surface area contributed by atoms with Crippen LogP contribution in [0.15, 0.2) is 16.7 Å². The van der Waals surface area contributed by atoms with Crippen LogP contribution in [0.4, 0.5) is 19.0 Å². The second-order valence-corrected chi connectivity index (χ2v) is 5.43. The van der Waals surface area contributed by atoms with Crippen molar-refractivity contribution in [2.24, 2.45) is 5.92 Å². The van der Waals surface area contributed by atoms with Crippen LogP contribution < -0.4 is 5.32 Å². The molecule has 1 N–H and O–H groups in total. The Kier molecular flexibility index (Phi) is 4.67. The third-order valence-corrected chi connectivity index (χ3v) is 3.41. The Morgan fingerprint density at radius 2 is 2.26 bits per heavy atom. The molecule has 1 aromatic rings. The first kappa shape index (κ1) is 14.6. The van der Waals surface area contributed by atoms with Crippen molar-refractivity contribution < 1.29 is 17.9 Å². The number of hydrogen-bond donors (Lipinski definition) is 1. The van der Waals surface area contributed by atoms with E-state index >= 15 is 0 Å². The van der Waals surface area contributed by atoms with Gasteiger partial charge in [-0.05, 0) is 40.8 Å². The summed E-state index contributed by atoms with van der Waals surface area (Å²) in [7, 11) is 0. The molecule has 1 fully saturated rings. The lowest BCUT2D eigenvalue weighted by Gasteiger charge is -2.23. The Labute approximate surface area is 117 Å². The van der Waals surface area contributed by atoms with Gasteiger partial charge in [0.1, 0.15) is 5.82 Å². The van der Waals surface area contributed by atoms with Gasteiger partial charge in [-0.2, -0.15) is 13.2 Å². The van der Waals surface area contributed by atoms with Gasteiger partial charge in [0.05, 0.1) is 12.2 Å². The SMILES string of the molecule is FC(F)(F)c1cc(Br)cnc1NCC1CCCOC1. The van der Waals surface area contributed by atoms with Gasteiger partial charge < -0.3 is 10.1 Å². The Morgan fingerprint density at radius 3 is 2.89 bits per heavy atom. The topological polar surface area (TPSA) is 34.2 Å². The van der Waals surface area contributed by atoms with Crippen LogP contribution in [0.25, 0.3) is 0 Å². The van der Waals surface area contributed by atoms with E-state index in [-0.39, 0.29) is 11.7 Å². The smallest absolute Gasteiger partial charge is 0.381 e. The number of alkyl halides is 3. The summed E-state index contributed by atoms with van der Waals surface area (Å²) in [6.45, 7) is 1.77. The van der Waals surface area contributed by atoms with E-state index in [4.69, 9.17) is 4.74 Å². The summed E-state index contributed by atoms with van der Waals surface area (Å²) < 4.78 is 44.2. The fraction of sp³-hybridized carbons (Fsp3) is 0.583. The molecular formula is C12H14BrF3N2O. The van der Waals surface area contributed by atoms with Crippen molar-refractivity contribution in [2.75, 3.05) is 25.1 Å². The van der Waals surface area contributed by atoms with E-state index in [0.29, 0.717) is 17.6 Å². The summed E-state index contributed by atoms with van der Waals surface area (Å²) in [5.41, 5.74) is -0.751. The highest BCUT2D eigenvalue weighted by atomic mass is 79.9. The molecule has 7 heteroatoms. The minimum atomic E-state index is -4.41. The van der Waals surface area contributed by atoms with Crippen molar-refractivity contribution in [3.8, 4) is 0 Å². The van der Waals surface area contributed by atoms with Crippen molar-refractivity contribution in [3.05, 3.63) is 22.3 Å². The zero-order valence-electron chi connectivity index (χ0n) is 10.1. The van der Waals surface area contributed by atoms with E-state index < -0.39 is 11.7 Å². The van der Waals surface area contributed by atoms with Gasteiger partial charge >= 0.3 is 6.18 Å². The van der Waals surface area contributed by atoms with Crippen LogP contribution in [-0.2, 0) is 10.9 Å². The van der Waals surface area contributed by atoms with E-state index in [1.165, 1.54) is 6.20 Å². The van der Waals surface area contributed by atoms with Crippen LogP contribution in [0.3, 0.4) is 0 Å². The summed E-state index contributed by atoms with van der Waals surface area (Å²) in [6.07, 6.45) is -1.14. The molecule has 0 aliphatic carbocycles. The van der Waals surface area contributed by atoms with Gasteiger partial charge in [0, 0.05) is 23.8 Å². The van der Waals surface area contributed by atoms with Gasteiger partial charge in [0.15, 0.2) is 0 Å². The van der Waals surface area contributed by atoms with Gasteiger partial charge in [0.25, 0.3) is 0 Å². The third-order valence-electron chi connectivity index (χ3n) is 2.97. The molecule has 1 unspecified atom stereocenters. The second-order valence-electron chi connectivity index (χ2n) is 4.51. The highest BCUT2D eigenvalue weighted by Crippen LogP contribution is 2.35. The number of ether oxygens (including phenoxy) is 1. The lowest BCUT2D eigenvalue weighted by molar-refractivity contribution is -0.137. The van der Waals surface area contributed by atoms with E-state index in [1.807, 2.05) is 0 Å². The molecule has 0 spiro atoms. The Bertz CT molecular complexity index is 433. The van der Waals surface area contributed by atoms with Gasteiger partial charge in [-0.1, -0.05) is 0 Å². The van der Waals surface area contributed by atoms with E-state index in [2.05, 4.69) is 26.2 Å². The maximum Gasteiger partial charge on any atom is 0.419 e. The number of hydrogen-bond acceptors (Lipinski definition) is 3. The number of nitrogens with zero attached hydrogens (tertiary/aromatic N) is 1. The summed E-state index contributed by atoms with van der Waals surface area (Å²) in [6, 6.07) is 1.03. The van der Waals surface area contributed by atoms with Crippen LogP contribution in [0.5, 0.6) is 0 Å². The zero-order valence-corrected chi connectivity index (χ0v) is 11.7. The van der Waals surface area contributed by atoms with E-state index in [0.717, 1.165) is 25.5 Å². The van der Waals surface area contributed by atoms with Crippen LogP contribution in [0.2, 0.25) is 0 Å². The Hall–Kier alpha value is -0.820. The zero-order chi connectivity index (χ0) is 13.9. The predicted molar refractivity (Wildman–Crippen MR) is 69.0 cm³/mol. The standard InChI is InChI=1S/C12H14BrF3N2O/c13-9-4-10(12(14,15)16)11(18-6-9)17-5-8-2-1-3-19-7-8/h4,6,8H,1-3,5,7H2,(H,17,18). The molecule has 3 nitrogen and oxygen atoms in total. The van der Waals surface area contributed by atoms with Crippen LogP contribution in [-0.4, -0.2) is 24.7 Å². The quantitative estimate of drug-likeness (QED) is 0.912. The molecule has 1 saturated heterocycles. The molecule has 1 aliphatic heterocycles. The number of aromatic nitrogens is 1. The van der Waals surface area contributed by atoms with Gasteiger partial charge in [-0.25, -0.2) is 4.98 Å². The van der Waals surface area contributed by atoms with Crippen molar-refractivity contribution in [1.29, 1.82) is 0 Å². The minimum absolute atomic E-state index is 0.124. The summed E-state index contributed by atoms with van der Waals surface area (Å²) >= 11 is 3.01. The van der Waals surface area contributed by atoms with Crippen LogP contribution in [0.1, 0.15) is 18.4 Å². The Balaban J connectivity index is 2.06. The Morgan fingerprint density at radius 1 is 1.47 bits per heavy atom. The maximum absolute atomic E-state index is 12.9. The first-order valence-corrected chi connectivity index (χ1v) is 6.80. The second kappa shape index (κ2) is 6.09. The average molecular weight is 339 g/mol. The third kappa shape index (κ3) is 4.07. The lowest BCUT2D eigenvalue weighted by Crippen LogP contribution is -2.25. The van der Waals surface area contributed by atoms with Crippen LogP contribution in [0, 0.1) is 5.92 Å². The molecular weight excluding hydrogens is 325 g/mol. The van der Waals surface area contributed by atoms with Crippen molar-refractivity contribution >= 4 is 21.7 Å². The molecule has 1 aliphatic rings. The molecule has 19 heavy (non-hydrogen) atoms. The summed E-state index contributed by atoms with van der Waals surface area (Å²) in [5, 5.41) is 2.78. The van der Waals surface area contributed by atoms with E-state index in [9.17, 15) is 13.2 Å². The minimum Gasteiger partial charge on any atom is -0.381 e. The maximum atomic E-state index is 12.9. The van der Waals surface area contributed by atoms with Crippen LogP contribution >= 0.6 is 15.9 Å². The largest absolute Gasteiger partial charge is 0.419 e. The molecule has 1 aromatic heterocycles. The predicted octanol–water partition coefficient (Wildman–Crippen LogP) is 3.70. The van der Waals surface area contributed by atoms with Crippen molar-refractivity contribution in [1.82, 2.24) is 4.98 Å². The molecule has 0 amide bonds. The molecule has 1 atom stereocenters. The normalized spacial score (nSPS) is 20.3. The summed E-state index contributed by atoms with van der Waals surface area (Å²) in [4.78, 5) is 3.81. The number of pyridine rings is 1. The number of rotatable bonds is 3. The average Bonchev–Trinajstić information content (AvgIpc) is 2.37. The number of anilines is 1. The first-order valence-electron chi connectivity index (χ1n) is 6.01. The molecule has 0 radical (unpaired) electrons. The van der Waals surface area contributed by atoms with Crippen molar-refractivity contribution in [3.63, 3.8) is 0 Å². The molecule has 0 bridgehead atoms. The molecule has 0 saturated carbocycles. The highest BCUT2D eigenvalue weighted by Gasteiger charge is 2.34. The highest BCUT2D eigenvalue weighted by molar-refractivity contribution is 9.10. The van der Waals surface area contributed by atoms with Gasteiger partial charge in [0.2, 0.25) is 0 Å². The van der Waals surface area contributed by atoms with Crippen molar-refractivity contribution in [2.45, 2.75) is 19.0 Å². The monoisotopic (exact) mass is 338 g/mol. The lowest BCUT2D eigenvalue weighted by atomic mass is 10.0. The first-order chi connectivity index (χ1) is 8.97. The summed E-state index contributed by atoms with van der Waals surface area (Å²) in [5.74, 6) is 0.113. The molecule has 2 rings (SSSR count).